The first-order chi connectivity index (χ1) is 16.2. The van der Waals surface area contributed by atoms with Crippen LogP contribution < -0.4 is 20.3 Å². The summed E-state index contributed by atoms with van der Waals surface area (Å²) in [4.78, 5) is 25.6. The summed E-state index contributed by atoms with van der Waals surface area (Å²) in [6.45, 7) is 0.0405. The number of hydrogen-bond donors (Lipinski definition) is 2. The lowest BCUT2D eigenvalue weighted by Gasteiger charge is -2.25. The van der Waals surface area contributed by atoms with Crippen LogP contribution in [0.3, 0.4) is 0 Å². The van der Waals surface area contributed by atoms with Crippen LogP contribution in [0.4, 0.5) is 0 Å². The molecular formula is C25H20N4O4. The fraction of sp³-hybridized carbons (Fsp3) is 0.0800. The van der Waals surface area contributed by atoms with Crippen LogP contribution >= 0.6 is 0 Å². The molecule has 1 aromatic heterocycles. The molecule has 0 aliphatic carbocycles. The first-order valence-electron chi connectivity index (χ1n) is 10.4. The van der Waals surface area contributed by atoms with Crippen molar-refractivity contribution in [1.82, 2.24) is 20.6 Å². The Morgan fingerprint density at radius 1 is 0.848 bits per heavy atom. The summed E-state index contributed by atoms with van der Waals surface area (Å²) < 4.78 is 12.8. The summed E-state index contributed by atoms with van der Waals surface area (Å²) in [7, 11) is 0. The zero-order valence-corrected chi connectivity index (χ0v) is 17.5. The Kier molecular flexibility index (Phi) is 5.47. The molecule has 164 valence electrons. The minimum absolute atomic E-state index is 0.0405. The number of hydrogen-bond acceptors (Lipinski definition) is 5. The molecule has 0 radical (unpaired) electrons. The van der Waals surface area contributed by atoms with Crippen molar-refractivity contribution in [2.45, 2.75) is 6.10 Å². The Balaban J connectivity index is 1.34. The van der Waals surface area contributed by atoms with Crippen molar-refractivity contribution in [3.8, 4) is 28.4 Å². The number of rotatable bonds is 4. The predicted molar refractivity (Wildman–Crippen MR) is 121 cm³/mol. The van der Waals surface area contributed by atoms with Gasteiger partial charge in [0.2, 0.25) is 6.10 Å². The summed E-state index contributed by atoms with van der Waals surface area (Å²) in [5, 5.41) is 4.61. The zero-order valence-electron chi connectivity index (χ0n) is 17.5. The van der Waals surface area contributed by atoms with E-state index in [4.69, 9.17) is 9.47 Å². The van der Waals surface area contributed by atoms with Gasteiger partial charge < -0.3 is 9.47 Å². The lowest BCUT2D eigenvalue weighted by molar-refractivity contribution is -0.131. The molecule has 4 aromatic rings. The van der Waals surface area contributed by atoms with E-state index >= 15 is 0 Å². The molecule has 2 amide bonds. The molecule has 1 unspecified atom stereocenters. The van der Waals surface area contributed by atoms with Crippen LogP contribution in [0.1, 0.15) is 10.5 Å². The number of nitrogens with one attached hydrogen (secondary N) is 2. The molecule has 8 heteroatoms. The number of carbonyl (C=O) groups excluding carboxylic acids is 2. The summed E-state index contributed by atoms with van der Waals surface area (Å²) >= 11 is 0. The molecule has 0 fully saturated rings. The molecule has 0 bridgehead atoms. The van der Waals surface area contributed by atoms with E-state index in [1.165, 1.54) is 0 Å². The van der Waals surface area contributed by atoms with Gasteiger partial charge in [-0.15, -0.1) is 0 Å². The van der Waals surface area contributed by atoms with Crippen molar-refractivity contribution in [3.05, 3.63) is 96.7 Å². The van der Waals surface area contributed by atoms with Crippen molar-refractivity contribution in [2.24, 2.45) is 0 Å². The van der Waals surface area contributed by atoms with E-state index in [1.807, 2.05) is 66.7 Å². The van der Waals surface area contributed by atoms with Crippen LogP contribution in [0.15, 0.2) is 91.0 Å². The second-order valence-corrected chi connectivity index (χ2v) is 7.34. The van der Waals surface area contributed by atoms with Gasteiger partial charge >= 0.3 is 0 Å². The summed E-state index contributed by atoms with van der Waals surface area (Å²) in [6.07, 6.45) is -0.890. The molecule has 0 saturated heterocycles. The number of para-hydroxylation sites is 3. The molecule has 5 rings (SSSR count). The van der Waals surface area contributed by atoms with E-state index in [0.29, 0.717) is 17.2 Å². The molecular weight excluding hydrogens is 420 g/mol. The second kappa shape index (κ2) is 8.88. The number of nitrogens with zero attached hydrogens (tertiary/aromatic N) is 2. The Morgan fingerprint density at radius 3 is 2.27 bits per heavy atom. The van der Waals surface area contributed by atoms with Crippen molar-refractivity contribution < 1.29 is 19.1 Å². The Labute approximate surface area is 189 Å². The minimum Gasteiger partial charge on any atom is -0.485 e. The molecule has 1 aliphatic rings. The van der Waals surface area contributed by atoms with Gasteiger partial charge in [0, 0.05) is 5.56 Å². The topological polar surface area (TPSA) is 94.5 Å². The van der Waals surface area contributed by atoms with Crippen molar-refractivity contribution in [1.29, 1.82) is 0 Å². The average Bonchev–Trinajstić information content (AvgIpc) is 3.33. The quantitative estimate of drug-likeness (QED) is 0.476. The van der Waals surface area contributed by atoms with E-state index in [-0.39, 0.29) is 12.3 Å². The number of carbonyl (C=O) groups is 2. The minimum atomic E-state index is -0.890. The van der Waals surface area contributed by atoms with E-state index < -0.39 is 17.9 Å². The standard InChI is InChI=1S/C25H20N4O4/c30-24(26-27-25(31)23-16-32-21-13-7-8-14-22(21)33-23)20-15-19(17-9-3-1-4-10-17)28-29(20)18-11-5-2-6-12-18/h1-15,23H,16H2,(H,26,30)(H,27,31). The van der Waals surface area contributed by atoms with Crippen LogP contribution in [0, 0.1) is 0 Å². The first-order valence-corrected chi connectivity index (χ1v) is 10.4. The number of benzene rings is 3. The third-order valence-electron chi connectivity index (χ3n) is 5.11. The van der Waals surface area contributed by atoms with Gasteiger partial charge in [-0.3, -0.25) is 20.4 Å². The number of fused-ring (bicyclic) bond motifs is 1. The molecule has 2 N–H and O–H groups in total. The van der Waals surface area contributed by atoms with E-state index in [1.54, 1.807) is 28.9 Å². The maximum absolute atomic E-state index is 13.0. The summed E-state index contributed by atoms with van der Waals surface area (Å²) in [5.41, 5.74) is 7.38. The molecule has 1 aliphatic heterocycles. The van der Waals surface area contributed by atoms with Gasteiger partial charge in [-0.25, -0.2) is 4.68 Å². The highest BCUT2D eigenvalue weighted by atomic mass is 16.6. The lowest BCUT2D eigenvalue weighted by atomic mass is 10.1. The number of aromatic nitrogens is 2. The van der Waals surface area contributed by atoms with E-state index in [2.05, 4.69) is 16.0 Å². The van der Waals surface area contributed by atoms with Crippen LogP contribution in [0.5, 0.6) is 11.5 Å². The maximum Gasteiger partial charge on any atom is 0.288 e. The fourth-order valence-electron chi connectivity index (χ4n) is 3.47. The van der Waals surface area contributed by atoms with Crippen LogP contribution in [0.25, 0.3) is 16.9 Å². The predicted octanol–water partition coefficient (Wildman–Crippen LogP) is 3.14. The summed E-state index contributed by atoms with van der Waals surface area (Å²) in [5.74, 6) is 0.0154. The van der Waals surface area contributed by atoms with Gasteiger partial charge in [0.05, 0.1) is 11.4 Å². The SMILES string of the molecule is O=C(NNC(=O)C1COc2ccccc2O1)c1cc(-c2ccccc2)nn1-c1ccccc1. The van der Waals surface area contributed by atoms with Crippen LogP contribution in [0.2, 0.25) is 0 Å². The highest BCUT2D eigenvalue weighted by Crippen LogP contribution is 2.30. The van der Waals surface area contributed by atoms with Gasteiger partial charge in [-0.1, -0.05) is 60.7 Å². The van der Waals surface area contributed by atoms with E-state index in [0.717, 1.165) is 11.3 Å². The smallest absolute Gasteiger partial charge is 0.288 e. The largest absolute Gasteiger partial charge is 0.485 e. The first kappa shape index (κ1) is 20.3. The third kappa shape index (κ3) is 4.27. The number of hydrazine groups is 1. The fourth-order valence-corrected chi connectivity index (χ4v) is 3.47. The van der Waals surface area contributed by atoms with Gasteiger partial charge in [-0.05, 0) is 30.3 Å². The molecule has 8 nitrogen and oxygen atoms in total. The molecule has 3 aromatic carbocycles. The second-order valence-electron chi connectivity index (χ2n) is 7.34. The third-order valence-corrected chi connectivity index (χ3v) is 5.11. The van der Waals surface area contributed by atoms with Crippen LogP contribution in [-0.2, 0) is 4.79 Å². The lowest BCUT2D eigenvalue weighted by Crippen LogP contribution is -2.51. The van der Waals surface area contributed by atoms with Crippen LogP contribution in [-0.4, -0.2) is 34.3 Å². The number of ether oxygens (including phenoxy) is 2. The van der Waals surface area contributed by atoms with Gasteiger partial charge in [0.1, 0.15) is 12.3 Å². The molecule has 1 atom stereocenters. The average molecular weight is 440 g/mol. The Morgan fingerprint density at radius 2 is 1.52 bits per heavy atom. The van der Waals surface area contributed by atoms with Gasteiger partial charge in [0.25, 0.3) is 11.8 Å². The number of amides is 2. The van der Waals surface area contributed by atoms with Crippen molar-refractivity contribution >= 4 is 11.8 Å². The van der Waals surface area contributed by atoms with Crippen molar-refractivity contribution in [3.63, 3.8) is 0 Å². The molecule has 0 spiro atoms. The Bertz CT molecular complexity index is 1290. The summed E-state index contributed by atoms with van der Waals surface area (Å²) in [6, 6.07) is 27.6. The van der Waals surface area contributed by atoms with Crippen molar-refractivity contribution in [2.75, 3.05) is 6.61 Å². The monoisotopic (exact) mass is 440 g/mol. The molecule has 0 saturated carbocycles. The molecule has 33 heavy (non-hydrogen) atoms. The highest BCUT2D eigenvalue weighted by Gasteiger charge is 2.28. The van der Waals surface area contributed by atoms with E-state index in [9.17, 15) is 9.59 Å². The highest BCUT2D eigenvalue weighted by molar-refractivity contribution is 5.96. The van der Waals surface area contributed by atoms with Gasteiger partial charge in [0.15, 0.2) is 11.5 Å². The molecule has 2 heterocycles. The Hall–Kier alpha value is -4.59. The zero-order chi connectivity index (χ0) is 22.6. The maximum atomic E-state index is 13.0. The van der Waals surface area contributed by atoms with Gasteiger partial charge in [-0.2, -0.15) is 5.10 Å². The normalized spacial score (nSPS) is 14.4.